The molecule has 2 heterocycles. The normalized spacial score (nSPS) is 10.7. The quantitative estimate of drug-likeness (QED) is 0.685. The monoisotopic (exact) mass is 373 g/mol. The Morgan fingerprint density at radius 1 is 1.28 bits per heavy atom. The minimum Gasteiger partial charge on any atom is -0.487 e. The number of aromatic nitrogens is 2. The molecule has 1 N–H and O–H groups in total. The standard InChI is InChI=1S/C18H19N3O2S2/c1-4-16-11(2)25-18(20-16)21-17(22)13-6-5-7-15(8-13)23-9-14-10-24-12(3)19-14/h5-8,10H,4,9H2,1-3H3,(H,20,21,22). The SMILES string of the molecule is CCc1nc(NC(=O)c2cccc(OCc3csc(C)n3)c2)sc1C. The van der Waals surface area contributed by atoms with E-state index in [1.54, 1.807) is 29.5 Å². The van der Waals surface area contributed by atoms with Crippen LogP contribution in [0.2, 0.25) is 0 Å². The lowest BCUT2D eigenvalue weighted by Crippen LogP contribution is -2.12. The first kappa shape index (κ1) is 17.6. The van der Waals surface area contributed by atoms with Crippen LogP contribution in [0.1, 0.15) is 38.6 Å². The van der Waals surface area contributed by atoms with E-state index in [2.05, 4.69) is 22.2 Å². The van der Waals surface area contributed by atoms with Crippen LogP contribution >= 0.6 is 22.7 Å². The molecule has 0 unspecified atom stereocenters. The number of nitrogens with one attached hydrogen (secondary N) is 1. The molecule has 0 fully saturated rings. The molecule has 3 rings (SSSR count). The molecule has 0 aliphatic rings. The predicted octanol–water partition coefficient (Wildman–Crippen LogP) is 4.61. The van der Waals surface area contributed by atoms with Crippen molar-refractivity contribution in [3.8, 4) is 5.75 Å². The number of nitrogens with zero attached hydrogens (tertiary/aromatic N) is 2. The van der Waals surface area contributed by atoms with Gasteiger partial charge >= 0.3 is 0 Å². The van der Waals surface area contributed by atoms with Crippen molar-refractivity contribution in [1.82, 2.24) is 9.97 Å². The third-order valence-electron chi connectivity index (χ3n) is 3.60. The highest BCUT2D eigenvalue weighted by Gasteiger charge is 2.12. The molecule has 25 heavy (non-hydrogen) atoms. The van der Waals surface area contributed by atoms with Crippen LogP contribution in [-0.2, 0) is 13.0 Å². The van der Waals surface area contributed by atoms with Gasteiger partial charge in [-0.15, -0.1) is 22.7 Å². The minimum absolute atomic E-state index is 0.189. The molecule has 2 aromatic heterocycles. The Labute approximate surface area is 154 Å². The van der Waals surface area contributed by atoms with Crippen molar-refractivity contribution < 1.29 is 9.53 Å². The first-order chi connectivity index (χ1) is 12.0. The number of benzene rings is 1. The molecule has 7 heteroatoms. The van der Waals surface area contributed by atoms with E-state index in [1.165, 1.54) is 11.3 Å². The Hall–Kier alpha value is -2.25. The number of carbonyl (C=O) groups is 1. The Morgan fingerprint density at radius 3 is 2.80 bits per heavy atom. The summed E-state index contributed by atoms with van der Waals surface area (Å²) in [6.45, 7) is 6.42. The van der Waals surface area contributed by atoms with E-state index < -0.39 is 0 Å². The average molecular weight is 374 g/mol. The lowest BCUT2D eigenvalue weighted by molar-refractivity contribution is 0.102. The number of hydrogen-bond donors (Lipinski definition) is 1. The molecule has 0 saturated heterocycles. The zero-order valence-electron chi connectivity index (χ0n) is 14.3. The highest BCUT2D eigenvalue weighted by Crippen LogP contribution is 2.23. The molecular formula is C18H19N3O2S2. The molecule has 0 bridgehead atoms. The fourth-order valence-electron chi connectivity index (χ4n) is 2.34. The molecule has 3 aromatic rings. The number of aryl methyl sites for hydroxylation is 3. The smallest absolute Gasteiger partial charge is 0.257 e. The Kier molecular flexibility index (Phi) is 5.45. The molecule has 0 saturated carbocycles. The van der Waals surface area contributed by atoms with Gasteiger partial charge in [0.15, 0.2) is 5.13 Å². The highest BCUT2D eigenvalue weighted by molar-refractivity contribution is 7.15. The van der Waals surface area contributed by atoms with Gasteiger partial charge in [-0.05, 0) is 38.5 Å². The molecule has 1 amide bonds. The number of hydrogen-bond acceptors (Lipinski definition) is 6. The summed E-state index contributed by atoms with van der Waals surface area (Å²) in [5.74, 6) is 0.453. The zero-order chi connectivity index (χ0) is 17.8. The Bertz CT molecular complexity index is 886. The fraction of sp³-hybridized carbons (Fsp3) is 0.278. The summed E-state index contributed by atoms with van der Waals surface area (Å²) >= 11 is 3.09. The Balaban J connectivity index is 1.66. The minimum atomic E-state index is -0.189. The largest absolute Gasteiger partial charge is 0.487 e. The fourth-order valence-corrected chi connectivity index (χ4v) is 3.83. The summed E-state index contributed by atoms with van der Waals surface area (Å²) in [5, 5.41) is 6.47. The summed E-state index contributed by atoms with van der Waals surface area (Å²) in [5.41, 5.74) is 2.46. The zero-order valence-corrected chi connectivity index (χ0v) is 16.0. The van der Waals surface area contributed by atoms with Crippen LogP contribution < -0.4 is 10.1 Å². The van der Waals surface area contributed by atoms with Gasteiger partial charge in [0.2, 0.25) is 0 Å². The number of rotatable bonds is 6. The van der Waals surface area contributed by atoms with Crippen molar-refractivity contribution in [3.05, 3.63) is 56.5 Å². The number of ether oxygens (including phenoxy) is 1. The second-order valence-corrected chi connectivity index (χ2v) is 7.77. The predicted molar refractivity (Wildman–Crippen MR) is 102 cm³/mol. The van der Waals surface area contributed by atoms with Crippen molar-refractivity contribution >= 4 is 33.7 Å². The molecule has 0 radical (unpaired) electrons. The van der Waals surface area contributed by atoms with Crippen molar-refractivity contribution in [2.24, 2.45) is 0 Å². The summed E-state index contributed by atoms with van der Waals surface area (Å²) in [6, 6.07) is 7.13. The first-order valence-corrected chi connectivity index (χ1v) is 9.66. The third kappa shape index (κ3) is 4.43. The van der Waals surface area contributed by atoms with E-state index in [1.807, 2.05) is 25.3 Å². The lowest BCUT2D eigenvalue weighted by Gasteiger charge is -2.07. The lowest BCUT2D eigenvalue weighted by atomic mass is 10.2. The number of amides is 1. The van der Waals surface area contributed by atoms with Gasteiger partial charge in [0.25, 0.3) is 5.91 Å². The van der Waals surface area contributed by atoms with Crippen LogP contribution in [0.3, 0.4) is 0 Å². The molecule has 130 valence electrons. The third-order valence-corrected chi connectivity index (χ3v) is 5.35. The van der Waals surface area contributed by atoms with Crippen LogP contribution in [0.4, 0.5) is 5.13 Å². The molecule has 5 nitrogen and oxygen atoms in total. The van der Waals surface area contributed by atoms with Crippen LogP contribution in [-0.4, -0.2) is 15.9 Å². The maximum atomic E-state index is 12.4. The van der Waals surface area contributed by atoms with E-state index in [0.29, 0.717) is 23.1 Å². The van der Waals surface area contributed by atoms with E-state index in [4.69, 9.17) is 4.74 Å². The number of thiazole rings is 2. The summed E-state index contributed by atoms with van der Waals surface area (Å²) in [6.07, 6.45) is 0.859. The van der Waals surface area contributed by atoms with Gasteiger partial charge in [-0.1, -0.05) is 13.0 Å². The van der Waals surface area contributed by atoms with E-state index >= 15 is 0 Å². The van der Waals surface area contributed by atoms with E-state index in [9.17, 15) is 4.79 Å². The van der Waals surface area contributed by atoms with Crippen LogP contribution in [0.25, 0.3) is 0 Å². The molecule has 0 spiro atoms. The van der Waals surface area contributed by atoms with Gasteiger partial charge in [-0.2, -0.15) is 0 Å². The molecule has 0 aliphatic heterocycles. The van der Waals surface area contributed by atoms with Crippen molar-refractivity contribution in [2.45, 2.75) is 33.8 Å². The van der Waals surface area contributed by atoms with Crippen molar-refractivity contribution in [1.29, 1.82) is 0 Å². The van der Waals surface area contributed by atoms with E-state index in [0.717, 1.165) is 27.7 Å². The second-order valence-electron chi connectivity index (χ2n) is 5.50. The van der Waals surface area contributed by atoms with Gasteiger partial charge < -0.3 is 4.74 Å². The average Bonchev–Trinajstić information content (AvgIpc) is 3.18. The van der Waals surface area contributed by atoms with Crippen molar-refractivity contribution in [2.75, 3.05) is 5.32 Å². The maximum Gasteiger partial charge on any atom is 0.257 e. The number of anilines is 1. The van der Waals surface area contributed by atoms with E-state index in [-0.39, 0.29) is 5.91 Å². The first-order valence-electron chi connectivity index (χ1n) is 7.96. The van der Waals surface area contributed by atoms with Gasteiger partial charge in [0.05, 0.1) is 16.4 Å². The molecule has 1 aromatic carbocycles. The van der Waals surface area contributed by atoms with Crippen molar-refractivity contribution in [3.63, 3.8) is 0 Å². The molecule has 0 aliphatic carbocycles. The molecular weight excluding hydrogens is 354 g/mol. The number of carbonyl (C=O) groups excluding carboxylic acids is 1. The van der Waals surface area contributed by atoms with Gasteiger partial charge in [-0.3, -0.25) is 10.1 Å². The van der Waals surface area contributed by atoms with Gasteiger partial charge in [-0.25, -0.2) is 9.97 Å². The van der Waals surface area contributed by atoms with Crippen LogP contribution in [0.15, 0.2) is 29.6 Å². The van der Waals surface area contributed by atoms with Crippen LogP contribution in [0.5, 0.6) is 5.75 Å². The van der Waals surface area contributed by atoms with Crippen LogP contribution in [0, 0.1) is 13.8 Å². The highest BCUT2D eigenvalue weighted by atomic mass is 32.1. The second kappa shape index (κ2) is 7.76. The Morgan fingerprint density at radius 2 is 2.12 bits per heavy atom. The summed E-state index contributed by atoms with van der Waals surface area (Å²) in [7, 11) is 0. The molecule has 0 atom stereocenters. The van der Waals surface area contributed by atoms with Gasteiger partial charge in [0, 0.05) is 15.8 Å². The summed E-state index contributed by atoms with van der Waals surface area (Å²) in [4.78, 5) is 22.4. The topological polar surface area (TPSA) is 64.1 Å². The van der Waals surface area contributed by atoms with Gasteiger partial charge in [0.1, 0.15) is 12.4 Å². The maximum absolute atomic E-state index is 12.4. The summed E-state index contributed by atoms with van der Waals surface area (Å²) < 4.78 is 5.74.